The van der Waals surface area contributed by atoms with E-state index >= 15 is 0 Å². The maximum atomic E-state index is 11.8. The molecule has 5 nitrogen and oxygen atoms in total. The van der Waals surface area contributed by atoms with Crippen LogP contribution in [-0.2, 0) is 16.1 Å². The number of aryl methyl sites for hydroxylation is 1. The monoisotopic (exact) mass is 330 g/mol. The fourth-order valence-electron chi connectivity index (χ4n) is 1.75. The Morgan fingerprint density at radius 1 is 1.42 bits per heavy atom. The number of nitrogens with two attached hydrogens (primary N) is 1. The Morgan fingerprint density at radius 3 is 2.84 bits per heavy atom. The van der Waals surface area contributed by atoms with E-state index in [0.717, 1.165) is 19.3 Å². The molecule has 0 aromatic carbocycles. The van der Waals surface area contributed by atoms with Crippen LogP contribution in [0.2, 0.25) is 0 Å². The van der Waals surface area contributed by atoms with E-state index in [0.29, 0.717) is 29.7 Å². The second-order valence-electron chi connectivity index (χ2n) is 4.24. The molecule has 0 saturated carbocycles. The van der Waals surface area contributed by atoms with E-state index in [2.05, 4.69) is 15.9 Å². The van der Waals surface area contributed by atoms with Crippen molar-refractivity contribution < 1.29 is 9.53 Å². The minimum Gasteiger partial charge on any atom is -0.466 e. The Hall–Kier alpha value is -1.30. The van der Waals surface area contributed by atoms with Gasteiger partial charge in [-0.3, -0.25) is 9.59 Å². The molecule has 0 aliphatic rings. The average Bonchev–Trinajstić information content (AvgIpc) is 2.34. The van der Waals surface area contributed by atoms with Crippen molar-refractivity contribution in [2.75, 3.05) is 12.3 Å². The van der Waals surface area contributed by atoms with Crippen LogP contribution < -0.4 is 11.3 Å². The van der Waals surface area contributed by atoms with Gasteiger partial charge < -0.3 is 15.0 Å². The third kappa shape index (κ3) is 5.46. The number of rotatable bonds is 7. The van der Waals surface area contributed by atoms with E-state index < -0.39 is 0 Å². The van der Waals surface area contributed by atoms with Gasteiger partial charge in [-0.1, -0.05) is 6.42 Å². The summed E-state index contributed by atoms with van der Waals surface area (Å²) in [5.41, 5.74) is 6.15. The predicted octanol–water partition coefficient (Wildman–Crippen LogP) is 2.32. The number of pyridine rings is 1. The van der Waals surface area contributed by atoms with Crippen LogP contribution in [0.3, 0.4) is 0 Å². The van der Waals surface area contributed by atoms with Crippen LogP contribution in [0.25, 0.3) is 0 Å². The summed E-state index contributed by atoms with van der Waals surface area (Å²) in [6, 6.07) is 1.60. The average molecular weight is 331 g/mol. The molecule has 0 atom stereocenters. The number of unbranched alkanes of at least 4 members (excludes halogenated alkanes) is 2. The number of nitrogens with zero attached hydrogens (tertiary/aromatic N) is 1. The molecule has 1 aromatic heterocycles. The number of nitrogen functional groups attached to an aromatic ring is 1. The zero-order chi connectivity index (χ0) is 14.3. The highest BCUT2D eigenvalue weighted by Crippen LogP contribution is 2.09. The van der Waals surface area contributed by atoms with Gasteiger partial charge in [0.2, 0.25) is 0 Å². The summed E-state index contributed by atoms with van der Waals surface area (Å²) in [4.78, 5) is 22.9. The first-order valence-electron chi connectivity index (χ1n) is 6.35. The third-order valence-corrected chi connectivity index (χ3v) is 3.22. The van der Waals surface area contributed by atoms with Crippen molar-refractivity contribution in [2.45, 2.75) is 39.2 Å². The molecule has 0 bridgehead atoms. The molecule has 0 aliphatic heterocycles. The fourth-order valence-corrected chi connectivity index (χ4v) is 2.24. The topological polar surface area (TPSA) is 74.3 Å². The largest absolute Gasteiger partial charge is 0.466 e. The highest BCUT2D eigenvalue weighted by atomic mass is 79.9. The van der Waals surface area contributed by atoms with Gasteiger partial charge in [0, 0.05) is 24.8 Å². The molecule has 0 spiro atoms. The number of esters is 1. The van der Waals surface area contributed by atoms with Crippen molar-refractivity contribution in [1.29, 1.82) is 0 Å². The van der Waals surface area contributed by atoms with Gasteiger partial charge in [0.05, 0.1) is 11.1 Å². The van der Waals surface area contributed by atoms with E-state index in [1.807, 2.05) is 0 Å². The highest BCUT2D eigenvalue weighted by Gasteiger charge is 2.04. The number of hydrogen-bond acceptors (Lipinski definition) is 4. The van der Waals surface area contributed by atoms with Crippen LogP contribution in [-0.4, -0.2) is 17.1 Å². The van der Waals surface area contributed by atoms with Gasteiger partial charge in [-0.05, 0) is 41.8 Å². The van der Waals surface area contributed by atoms with E-state index in [1.54, 1.807) is 23.8 Å². The van der Waals surface area contributed by atoms with Crippen LogP contribution in [0.1, 0.15) is 32.6 Å². The van der Waals surface area contributed by atoms with Crippen LogP contribution in [0.15, 0.2) is 21.5 Å². The number of ether oxygens (including phenoxy) is 1. The molecule has 1 heterocycles. The quantitative estimate of drug-likeness (QED) is 0.615. The van der Waals surface area contributed by atoms with Gasteiger partial charge in [0.1, 0.15) is 0 Å². The molecule has 2 N–H and O–H groups in total. The smallest absolute Gasteiger partial charge is 0.305 e. The molecular weight excluding hydrogens is 312 g/mol. The van der Waals surface area contributed by atoms with Gasteiger partial charge in [-0.15, -0.1) is 0 Å². The highest BCUT2D eigenvalue weighted by molar-refractivity contribution is 9.10. The number of carbonyl (C=O) groups excluding carboxylic acids is 1. The van der Waals surface area contributed by atoms with E-state index in [-0.39, 0.29) is 11.5 Å². The minimum absolute atomic E-state index is 0.0837. The van der Waals surface area contributed by atoms with Crippen molar-refractivity contribution in [3.8, 4) is 0 Å². The SMILES string of the molecule is CCOC(=O)CCCCCn1cc(N)cc(Br)c1=O. The summed E-state index contributed by atoms with van der Waals surface area (Å²) >= 11 is 3.18. The summed E-state index contributed by atoms with van der Waals surface area (Å²) in [6.45, 7) is 2.82. The van der Waals surface area contributed by atoms with Gasteiger partial charge in [-0.2, -0.15) is 0 Å². The van der Waals surface area contributed by atoms with Crippen LogP contribution in [0, 0.1) is 0 Å². The number of carbonyl (C=O) groups is 1. The molecule has 1 rings (SSSR count). The molecule has 6 heteroatoms. The molecule has 19 heavy (non-hydrogen) atoms. The summed E-state index contributed by atoms with van der Waals surface area (Å²) in [7, 11) is 0. The number of anilines is 1. The Kier molecular flexibility index (Phi) is 6.62. The Bertz CT molecular complexity index is 485. The standard InChI is InChI=1S/C13H19BrN2O3/c1-2-19-12(17)6-4-3-5-7-16-9-10(15)8-11(14)13(16)18/h8-9H,2-7,15H2,1H3. The van der Waals surface area contributed by atoms with Crippen LogP contribution >= 0.6 is 15.9 Å². The Labute approximate surface area is 120 Å². The fraction of sp³-hybridized carbons (Fsp3) is 0.538. The summed E-state index contributed by atoms with van der Waals surface area (Å²) in [5.74, 6) is -0.161. The maximum absolute atomic E-state index is 11.8. The molecule has 0 aliphatic carbocycles. The second kappa shape index (κ2) is 7.99. The van der Waals surface area contributed by atoms with Crippen molar-refractivity contribution in [3.05, 3.63) is 27.1 Å². The van der Waals surface area contributed by atoms with E-state index in [1.165, 1.54) is 0 Å². The van der Waals surface area contributed by atoms with Gasteiger partial charge in [0.25, 0.3) is 5.56 Å². The summed E-state index contributed by atoms with van der Waals surface area (Å²) in [6.07, 6.45) is 4.55. The first kappa shape index (κ1) is 15.8. The predicted molar refractivity (Wildman–Crippen MR) is 77.9 cm³/mol. The Balaban J connectivity index is 2.34. The van der Waals surface area contributed by atoms with Crippen molar-refractivity contribution >= 4 is 27.6 Å². The second-order valence-corrected chi connectivity index (χ2v) is 5.09. The minimum atomic E-state index is -0.161. The molecule has 0 radical (unpaired) electrons. The number of hydrogen-bond donors (Lipinski definition) is 1. The number of aromatic nitrogens is 1. The van der Waals surface area contributed by atoms with Crippen molar-refractivity contribution in [1.82, 2.24) is 4.57 Å². The Morgan fingerprint density at radius 2 is 2.16 bits per heavy atom. The molecule has 0 saturated heterocycles. The van der Waals surface area contributed by atoms with Crippen molar-refractivity contribution in [2.24, 2.45) is 0 Å². The normalized spacial score (nSPS) is 10.4. The summed E-state index contributed by atoms with van der Waals surface area (Å²) < 4.78 is 6.90. The maximum Gasteiger partial charge on any atom is 0.305 e. The zero-order valence-electron chi connectivity index (χ0n) is 11.0. The van der Waals surface area contributed by atoms with Crippen LogP contribution in [0.4, 0.5) is 5.69 Å². The lowest BCUT2D eigenvalue weighted by atomic mass is 10.2. The first-order chi connectivity index (χ1) is 9.04. The first-order valence-corrected chi connectivity index (χ1v) is 7.15. The molecule has 0 unspecified atom stereocenters. The van der Waals surface area contributed by atoms with Crippen molar-refractivity contribution in [3.63, 3.8) is 0 Å². The molecule has 106 valence electrons. The lowest BCUT2D eigenvalue weighted by Crippen LogP contribution is -2.20. The van der Waals surface area contributed by atoms with Gasteiger partial charge >= 0.3 is 5.97 Å². The van der Waals surface area contributed by atoms with E-state index in [9.17, 15) is 9.59 Å². The molecule has 0 amide bonds. The van der Waals surface area contributed by atoms with Gasteiger partial charge in [0.15, 0.2) is 0 Å². The summed E-state index contributed by atoms with van der Waals surface area (Å²) in [5, 5.41) is 0. The molecule has 0 fully saturated rings. The van der Waals surface area contributed by atoms with Gasteiger partial charge in [-0.25, -0.2) is 0 Å². The molecular formula is C13H19BrN2O3. The third-order valence-electron chi connectivity index (χ3n) is 2.65. The lowest BCUT2D eigenvalue weighted by Gasteiger charge is -2.07. The number of halogens is 1. The van der Waals surface area contributed by atoms with E-state index in [4.69, 9.17) is 10.5 Å². The zero-order valence-corrected chi connectivity index (χ0v) is 12.6. The lowest BCUT2D eigenvalue weighted by molar-refractivity contribution is -0.143. The molecule has 1 aromatic rings. The van der Waals surface area contributed by atoms with Crippen LogP contribution in [0.5, 0.6) is 0 Å².